The summed E-state index contributed by atoms with van der Waals surface area (Å²) in [6, 6.07) is 3.61. The molecule has 1 aromatic heterocycles. The van der Waals surface area contributed by atoms with E-state index in [9.17, 15) is 9.59 Å². The molecule has 0 radical (unpaired) electrons. The van der Waals surface area contributed by atoms with Crippen molar-refractivity contribution in [3.05, 3.63) is 17.0 Å². The molecule has 2 N–H and O–H groups in total. The molecule has 1 atom stereocenters. The average Bonchev–Trinajstić information content (AvgIpc) is 2.83. The molecular formula is C11H14N2O3S. The molecule has 1 aliphatic heterocycles. The van der Waals surface area contributed by atoms with Crippen LogP contribution in [-0.2, 0) is 4.79 Å². The van der Waals surface area contributed by atoms with E-state index >= 15 is 0 Å². The zero-order valence-electron chi connectivity index (χ0n) is 9.47. The van der Waals surface area contributed by atoms with Gasteiger partial charge in [0.05, 0.1) is 5.00 Å². The summed E-state index contributed by atoms with van der Waals surface area (Å²) < 4.78 is 0. The largest absolute Gasteiger partial charge is 0.477 e. The van der Waals surface area contributed by atoms with Crippen molar-refractivity contribution >= 4 is 28.2 Å². The molecule has 17 heavy (non-hydrogen) atoms. The Balaban J connectivity index is 1.99. The molecule has 0 spiro atoms. The zero-order valence-corrected chi connectivity index (χ0v) is 10.3. The number of nitrogens with one attached hydrogen (secondary N) is 1. The first-order valence-electron chi connectivity index (χ1n) is 5.41. The number of hydrogen-bond donors (Lipinski definition) is 2. The van der Waals surface area contributed by atoms with Crippen LogP contribution in [0.1, 0.15) is 23.0 Å². The minimum atomic E-state index is -0.890. The Labute approximate surface area is 103 Å². The summed E-state index contributed by atoms with van der Waals surface area (Å²) in [5, 5.41) is 12.7. The summed E-state index contributed by atoms with van der Waals surface area (Å²) in [4.78, 5) is 24.2. The van der Waals surface area contributed by atoms with E-state index in [1.165, 1.54) is 18.3 Å². The number of amides is 1. The molecule has 2 rings (SSSR count). The second kappa shape index (κ2) is 4.75. The number of carbonyl (C=O) groups is 2. The van der Waals surface area contributed by atoms with Crippen LogP contribution in [0.15, 0.2) is 12.1 Å². The highest BCUT2D eigenvalue weighted by atomic mass is 32.1. The van der Waals surface area contributed by atoms with Crippen LogP contribution in [0.4, 0.5) is 5.00 Å². The van der Waals surface area contributed by atoms with Crippen LogP contribution in [0.5, 0.6) is 0 Å². The molecule has 0 aromatic carbocycles. The molecule has 6 heteroatoms. The van der Waals surface area contributed by atoms with Crippen molar-refractivity contribution in [2.75, 3.05) is 18.0 Å². The van der Waals surface area contributed by atoms with Gasteiger partial charge in [0.2, 0.25) is 5.91 Å². The molecule has 0 saturated carbocycles. The van der Waals surface area contributed by atoms with Gasteiger partial charge >= 0.3 is 5.97 Å². The Hall–Kier alpha value is -1.56. The minimum absolute atomic E-state index is 0.0192. The summed E-state index contributed by atoms with van der Waals surface area (Å²) in [7, 11) is 0. The lowest BCUT2D eigenvalue weighted by atomic mass is 10.3. The quantitative estimate of drug-likeness (QED) is 0.849. The van der Waals surface area contributed by atoms with Gasteiger partial charge in [0.25, 0.3) is 0 Å². The zero-order chi connectivity index (χ0) is 12.4. The van der Waals surface area contributed by atoms with Crippen molar-refractivity contribution < 1.29 is 14.7 Å². The van der Waals surface area contributed by atoms with E-state index < -0.39 is 5.97 Å². The number of aromatic carboxylic acids is 1. The van der Waals surface area contributed by atoms with Crippen LogP contribution in [-0.4, -0.2) is 36.1 Å². The maximum absolute atomic E-state index is 10.9. The summed E-state index contributed by atoms with van der Waals surface area (Å²) in [6.07, 6.45) is 0.903. The number of anilines is 1. The standard InChI is InChI=1S/C11H14N2O3S/c1-7(14)12-8-4-5-13(6-8)10-3-2-9(17-10)11(15)16/h2-3,8H,4-6H2,1H3,(H,12,14)(H,15,16). The van der Waals surface area contributed by atoms with E-state index in [0.717, 1.165) is 24.5 Å². The van der Waals surface area contributed by atoms with Gasteiger partial charge < -0.3 is 15.3 Å². The summed E-state index contributed by atoms with van der Waals surface area (Å²) in [5.74, 6) is -0.909. The summed E-state index contributed by atoms with van der Waals surface area (Å²) in [5.41, 5.74) is 0. The average molecular weight is 254 g/mol. The van der Waals surface area contributed by atoms with Crippen LogP contribution >= 0.6 is 11.3 Å². The van der Waals surface area contributed by atoms with E-state index in [4.69, 9.17) is 5.11 Å². The van der Waals surface area contributed by atoms with E-state index in [-0.39, 0.29) is 11.9 Å². The van der Waals surface area contributed by atoms with Gasteiger partial charge in [0, 0.05) is 26.1 Å². The lowest BCUT2D eigenvalue weighted by Gasteiger charge is -2.16. The van der Waals surface area contributed by atoms with Gasteiger partial charge in [0.1, 0.15) is 4.88 Å². The predicted molar refractivity (Wildman–Crippen MR) is 65.7 cm³/mol. The Morgan fingerprint density at radius 1 is 1.53 bits per heavy atom. The smallest absolute Gasteiger partial charge is 0.345 e. The van der Waals surface area contributed by atoms with Crippen molar-refractivity contribution in [1.82, 2.24) is 5.32 Å². The van der Waals surface area contributed by atoms with Crippen LogP contribution in [0.3, 0.4) is 0 Å². The normalized spacial score (nSPS) is 19.4. The van der Waals surface area contributed by atoms with E-state index in [1.807, 2.05) is 6.07 Å². The molecule has 1 fully saturated rings. The van der Waals surface area contributed by atoms with Crippen molar-refractivity contribution in [2.45, 2.75) is 19.4 Å². The molecule has 5 nitrogen and oxygen atoms in total. The van der Waals surface area contributed by atoms with Gasteiger partial charge in [-0.05, 0) is 18.6 Å². The van der Waals surface area contributed by atoms with E-state index in [0.29, 0.717) is 4.88 Å². The third-order valence-electron chi connectivity index (χ3n) is 2.71. The summed E-state index contributed by atoms with van der Waals surface area (Å²) in [6.45, 7) is 3.11. The molecule has 0 aliphatic carbocycles. The highest BCUT2D eigenvalue weighted by Gasteiger charge is 2.24. The number of carboxylic acids is 1. The van der Waals surface area contributed by atoms with Crippen molar-refractivity contribution in [2.24, 2.45) is 0 Å². The van der Waals surface area contributed by atoms with Crippen LogP contribution in [0.2, 0.25) is 0 Å². The Bertz CT molecular complexity index is 444. The third kappa shape index (κ3) is 2.76. The fourth-order valence-electron chi connectivity index (χ4n) is 1.98. The van der Waals surface area contributed by atoms with Crippen molar-refractivity contribution in [3.8, 4) is 0 Å². The Morgan fingerprint density at radius 2 is 2.29 bits per heavy atom. The van der Waals surface area contributed by atoms with Gasteiger partial charge in [-0.15, -0.1) is 11.3 Å². The highest BCUT2D eigenvalue weighted by molar-refractivity contribution is 7.17. The van der Waals surface area contributed by atoms with Gasteiger partial charge in [-0.2, -0.15) is 0 Å². The Kier molecular flexibility index (Phi) is 3.33. The molecule has 92 valence electrons. The monoisotopic (exact) mass is 254 g/mol. The second-order valence-electron chi connectivity index (χ2n) is 4.08. The number of rotatable bonds is 3. The number of thiophene rings is 1. The maximum Gasteiger partial charge on any atom is 0.345 e. The number of carbonyl (C=O) groups excluding carboxylic acids is 1. The molecule has 1 saturated heterocycles. The molecule has 1 amide bonds. The molecule has 1 unspecified atom stereocenters. The fourth-order valence-corrected chi connectivity index (χ4v) is 2.86. The Morgan fingerprint density at radius 3 is 2.88 bits per heavy atom. The topological polar surface area (TPSA) is 69.6 Å². The van der Waals surface area contributed by atoms with Gasteiger partial charge in [-0.3, -0.25) is 4.79 Å². The fraction of sp³-hybridized carbons (Fsp3) is 0.455. The van der Waals surface area contributed by atoms with Crippen molar-refractivity contribution in [3.63, 3.8) is 0 Å². The number of hydrogen-bond acceptors (Lipinski definition) is 4. The SMILES string of the molecule is CC(=O)NC1CCN(c2ccc(C(=O)O)s2)C1. The molecule has 2 heterocycles. The first-order valence-corrected chi connectivity index (χ1v) is 6.23. The molecule has 1 aromatic rings. The second-order valence-corrected chi connectivity index (χ2v) is 5.14. The van der Waals surface area contributed by atoms with E-state index in [1.54, 1.807) is 6.07 Å². The first-order chi connectivity index (χ1) is 8.06. The summed E-state index contributed by atoms with van der Waals surface area (Å²) >= 11 is 1.27. The lowest BCUT2D eigenvalue weighted by molar-refractivity contribution is -0.119. The molecular weight excluding hydrogens is 240 g/mol. The predicted octanol–water partition coefficient (Wildman–Crippen LogP) is 1.16. The van der Waals surface area contributed by atoms with Crippen LogP contribution in [0.25, 0.3) is 0 Å². The molecule has 1 aliphatic rings. The minimum Gasteiger partial charge on any atom is -0.477 e. The van der Waals surface area contributed by atoms with Crippen LogP contribution < -0.4 is 10.2 Å². The number of nitrogens with zero attached hydrogens (tertiary/aromatic N) is 1. The van der Waals surface area contributed by atoms with Gasteiger partial charge in [-0.25, -0.2) is 4.79 Å². The van der Waals surface area contributed by atoms with Crippen molar-refractivity contribution in [1.29, 1.82) is 0 Å². The van der Waals surface area contributed by atoms with Gasteiger partial charge in [-0.1, -0.05) is 0 Å². The lowest BCUT2D eigenvalue weighted by Crippen LogP contribution is -2.35. The highest BCUT2D eigenvalue weighted by Crippen LogP contribution is 2.28. The van der Waals surface area contributed by atoms with Crippen LogP contribution in [0, 0.1) is 0 Å². The maximum atomic E-state index is 10.9. The molecule has 0 bridgehead atoms. The van der Waals surface area contributed by atoms with Gasteiger partial charge in [0.15, 0.2) is 0 Å². The third-order valence-corrected chi connectivity index (χ3v) is 3.84. The number of carboxylic acid groups (broad SMARTS) is 1. The van der Waals surface area contributed by atoms with E-state index in [2.05, 4.69) is 10.2 Å². The first kappa shape index (κ1) is 11.9.